The zero-order valence-electron chi connectivity index (χ0n) is 16.2. The van der Waals surface area contributed by atoms with Gasteiger partial charge in [0.2, 0.25) is 11.9 Å². The molecule has 0 atom stereocenters. The molecule has 28 heavy (non-hydrogen) atoms. The zero-order valence-corrected chi connectivity index (χ0v) is 17.0. The van der Waals surface area contributed by atoms with Gasteiger partial charge in [-0.2, -0.15) is 0 Å². The Bertz CT molecular complexity index is 762. The minimum Gasteiger partial charge on any atom is -0.368 e. The van der Waals surface area contributed by atoms with E-state index in [0.717, 1.165) is 74.5 Å². The number of carbonyl (C=O) groups excluding carboxylic acids is 1. The van der Waals surface area contributed by atoms with E-state index < -0.39 is 0 Å². The molecule has 6 nitrogen and oxygen atoms in total. The van der Waals surface area contributed by atoms with E-state index >= 15 is 0 Å². The summed E-state index contributed by atoms with van der Waals surface area (Å²) in [6, 6.07) is 9.83. The molecule has 2 aromatic rings. The molecule has 7 heteroatoms. The number of nitrogens with zero attached hydrogens (tertiary/aromatic N) is 5. The molecule has 2 aliphatic heterocycles. The Morgan fingerprint density at radius 1 is 1.04 bits per heavy atom. The van der Waals surface area contributed by atoms with Gasteiger partial charge >= 0.3 is 0 Å². The van der Waals surface area contributed by atoms with E-state index in [1.807, 2.05) is 36.1 Å². The number of benzene rings is 1. The van der Waals surface area contributed by atoms with E-state index in [1.165, 1.54) is 0 Å². The fraction of sp³-hybridized carbons (Fsp3) is 0.476. The van der Waals surface area contributed by atoms with Crippen molar-refractivity contribution in [3.8, 4) is 0 Å². The van der Waals surface area contributed by atoms with Gasteiger partial charge in [-0.05, 0) is 44.0 Å². The first-order chi connectivity index (χ1) is 13.6. The molecule has 1 aromatic carbocycles. The maximum Gasteiger partial charge on any atom is 0.225 e. The number of aromatic nitrogens is 2. The van der Waals surface area contributed by atoms with Crippen molar-refractivity contribution < 1.29 is 4.79 Å². The van der Waals surface area contributed by atoms with Crippen molar-refractivity contribution in [3.05, 3.63) is 47.2 Å². The van der Waals surface area contributed by atoms with E-state index in [1.54, 1.807) is 6.20 Å². The Kier molecular flexibility index (Phi) is 5.67. The number of aryl methyl sites for hydroxylation is 1. The largest absolute Gasteiger partial charge is 0.368 e. The third kappa shape index (κ3) is 4.22. The molecule has 1 amide bonds. The van der Waals surface area contributed by atoms with Crippen LogP contribution in [-0.4, -0.2) is 60.0 Å². The van der Waals surface area contributed by atoms with Crippen LogP contribution in [0.3, 0.4) is 0 Å². The molecule has 2 fully saturated rings. The molecule has 1 aromatic heterocycles. The Morgan fingerprint density at radius 2 is 1.79 bits per heavy atom. The normalized spacial score (nSPS) is 18.4. The maximum atomic E-state index is 13.0. The number of hydrogen-bond acceptors (Lipinski definition) is 5. The van der Waals surface area contributed by atoms with E-state index in [9.17, 15) is 4.79 Å². The van der Waals surface area contributed by atoms with Gasteiger partial charge in [0.25, 0.3) is 0 Å². The molecule has 0 N–H and O–H groups in total. The molecule has 0 bridgehead atoms. The second kappa shape index (κ2) is 8.35. The van der Waals surface area contributed by atoms with Gasteiger partial charge < -0.3 is 14.7 Å². The molecule has 4 rings (SSSR count). The number of halogens is 1. The van der Waals surface area contributed by atoms with Crippen LogP contribution in [0.5, 0.6) is 0 Å². The van der Waals surface area contributed by atoms with Gasteiger partial charge in [0.15, 0.2) is 0 Å². The molecule has 0 saturated carbocycles. The highest BCUT2D eigenvalue weighted by atomic mass is 35.5. The van der Waals surface area contributed by atoms with Crippen molar-refractivity contribution in [3.63, 3.8) is 0 Å². The molecule has 2 saturated heterocycles. The van der Waals surface area contributed by atoms with Gasteiger partial charge in [-0.15, -0.1) is 0 Å². The van der Waals surface area contributed by atoms with E-state index in [-0.39, 0.29) is 5.92 Å². The quantitative estimate of drug-likeness (QED) is 0.794. The summed E-state index contributed by atoms with van der Waals surface area (Å²) in [5.74, 6) is 1.19. The summed E-state index contributed by atoms with van der Waals surface area (Å²) in [5, 5.41) is 0.750. The lowest BCUT2D eigenvalue weighted by atomic mass is 9.95. The molecule has 3 heterocycles. The van der Waals surface area contributed by atoms with E-state index in [4.69, 9.17) is 11.6 Å². The first kappa shape index (κ1) is 19.0. The SMILES string of the molecule is Cc1ccnc(N2CCC(C(=O)N3CCN(c4cccc(Cl)c4)CC3)CC2)n1. The minimum atomic E-state index is 0.110. The van der Waals surface area contributed by atoms with Crippen LogP contribution in [0.2, 0.25) is 5.02 Å². The Morgan fingerprint density at radius 3 is 2.46 bits per heavy atom. The van der Waals surface area contributed by atoms with Crippen molar-refractivity contribution in [2.24, 2.45) is 5.92 Å². The Labute approximate surface area is 171 Å². The lowest BCUT2D eigenvalue weighted by molar-refractivity contribution is -0.136. The van der Waals surface area contributed by atoms with Crippen molar-refractivity contribution in [2.75, 3.05) is 49.1 Å². The fourth-order valence-electron chi connectivity index (χ4n) is 4.03. The third-order valence-corrected chi connectivity index (χ3v) is 5.91. The van der Waals surface area contributed by atoms with Crippen LogP contribution in [-0.2, 0) is 4.79 Å². The molecule has 2 aliphatic rings. The summed E-state index contributed by atoms with van der Waals surface area (Å²) in [6.45, 7) is 6.89. The topological polar surface area (TPSA) is 52.6 Å². The van der Waals surface area contributed by atoms with Crippen LogP contribution in [0.4, 0.5) is 11.6 Å². The molecular weight excluding hydrogens is 374 g/mol. The second-order valence-corrected chi connectivity index (χ2v) is 7.99. The Hall–Kier alpha value is -2.34. The molecule has 0 unspecified atom stereocenters. The Balaban J connectivity index is 1.29. The van der Waals surface area contributed by atoms with Crippen molar-refractivity contribution >= 4 is 29.1 Å². The molecule has 148 valence electrons. The molecule has 0 aliphatic carbocycles. The van der Waals surface area contributed by atoms with Gasteiger partial charge in [-0.1, -0.05) is 17.7 Å². The highest BCUT2D eigenvalue weighted by Gasteiger charge is 2.31. The summed E-state index contributed by atoms with van der Waals surface area (Å²) in [4.78, 5) is 28.4. The van der Waals surface area contributed by atoms with E-state index in [0.29, 0.717) is 5.91 Å². The minimum absolute atomic E-state index is 0.110. The number of piperazine rings is 1. The molecule has 0 radical (unpaired) electrons. The number of piperidine rings is 1. The van der Waals surface area contributed by atoms with Gasteiger partial charge in [-0.3, -0.25) is 4.79 Å². The van der Waals surface area contributed by atoms with Crippen LogP contribution in [0.15, 0.2) is 36.5 Å². The van der Waals surface area contributed by atoms with Crippen LogP contribution in [0.25, 0.3) is 0 Å². The summed E-state index contributed by atoms with van der Waals surface area (Å²) >= 11 is 6.11. The summed E-state index contributed by atoms with van der Waals surface area (Å²) in [5.41, 5.74) is 2.10. The zero-order chi connectivity index (χ0) is 19.5. The number of amides is 1. The van der Waals surface area contributed by atoms with Gasteiger partial charge in [-0.25, -0.2) is 9.97 Å². The lowest BCUT2D eigenvalue weighted by Crippen LogP contribution is -2.51. The smallest absolute Gasteiger partial charge is 0.225 e. The van der Waals surface area contributed by atoms with Gasteiger partial charge in [0, 0.05) is 67.8 Å². The number of rotatable bonds is 3. The molecule has 0 spiro atoms. The van der Waals surface area contributed by atoms with Gasteiger partial charge in [0.1, 0.15) is 0 Å². The summed E-state index contributed by atoms with van der Waals surface area (Å²) in [6.07, 6.45) is 3.53. The summed E-state index contributed by atoms with van der Waals surface area (Å²) in [7, 11) is 0. The number of hydrogen-bond donors (Lipinski definition) is 0. The summed E-state index contributed by atoms with van der Waals surface area (Å²) < 4.78 is 0. The van der Waals surface area contributed by atoms with Crippen LogP contribution in [0, 0.1) is 12.8 Å². The second-order valence-electron chi connectivity index (χ2n) is 7.55. The van der Waals surface area contributed by atoms with Crippen molar-refractivity contribution in [2.45, 2.75) is 19.8 Å². The standard InChI is InChI=1S/C21H26ClN5O/c1-16-5-8-23-21(24-16)27-9-6-17(7-10-27)20(28)26-13-11-25(12-14-26)19-4-2-3-18(22)15-19/h2-5,8,15,17H,6-7,9-14H2,1H3. The van der Waals surface area contributed by atoms with Crippen LogP contribution >= 0.6 is 11.6 Å². The van der Waals surface area contributed by atoms with E-state index in [2.05, 4.69) is 25.8 Å². The maximum absolute atomic E-state index is 13.0. The highest BCUT2D eigenvalue weighted by molar-refractivity contribution is 6.30. The van der Waals surface area contributed by atoms with Crippen molar-refractivity contribution in [1.29, 1.82) is 0 Å². The number of anilines is 2. The highest BCUT2D eigenvalue weighted by Crippen LogP contribution is 2.25. The average Bonchev–Trinajstić information content (AvgIpc) is 2.73. The first-order valence-electron chi connectivity index (χ1n) is 9.94. The average molecular weight is 400 g/mol. The molecular formula is C21H26ClN5O. The van der Waals surface area contributed by atoms with Crippen LogP contribution in [0.1, 0.15) is 18.5 Å². The third-order valence-electron chi connectivity index (χ3n) is 5.67. The lowest BCUT2D eigenvalue weighted by Gasteiger charge is -2.39. The predicted molar refractivity (Wildman–Crippen MR) is 112 cm³/mol. The monoisotopic (exact) mass is 399 g/mol. The van der Waals surface area contributed by atoms with Gasteiger partial charge in [0.05, 0.1) is 0 Å². The number of carbonyl (C=O) groups is 1. The first-order valence-corrected chi connectivity index (χ1v) is 10.3. The van der Waals surface area contributed by atoms with Crippen LogP contribution < -0.4 is 9.80 Å². The fourth-order valence-corrected chi connectivity index (χ4v) is 4.22. The van der Waals surface area contributed by atoms with Crippen molar-refractivity contribution in [1.82, 2.24) is 14.9 Å². The predicted octanol–water partition coefficient (Wildman–Crippen LogP) is 3.00.